The molecule has 0 saturated heterocycles. The van der Waals surface area contributed by atoms with Gasteiger partial charge in [0.1, 0.15) is 0 Å². The molecule has 7 nitrogen and oxygen atoms in total. The number of aromatic nitrogens is 1. The third-order valence-corrected chi connectivity index (χ3v) is 4.00. The van der Waals surface area contributed by atoms with Crippen molar-refractivity contribution in [1.29, 1.82) is 0 Å². The van der Waals surface area contributed by atoms with Crippen LogP contribution in [0.5, 0.6) is 23.0 Å². The first kappa shape index (κ1) is 16.6. The van der Waals surface area contributed by atoms with Crippen molar-refractivity contribution in [2.24, 2.45) is 0 Å². The van der Waals surface area contributed by atoms with Crippen LogP contribution in [0.4, 0.5) is 0 Å². The zero-order valence-corrected chi connectivity index (χ0v) is 14.2. The highest BCUT2D eigenvalue weighted by atomic mass is 16.5. The van der Waals surface area contributed by atoms with Crippen molar-refractivity contribution in [1.82, 2.24) is 4.98 Å². The number of hydrogen-bond acceptors (Lipinski definition) is 6. The molecule has 0 bridgehead atoms. The van der Waals surface area contributed by atoms with Crippen molar-refractivity contribution in [2.75, 3.05) is 28.4 Å². The van der Waals surface area contributed by atoms with E-state index in [4.69, 9.17) is 18.9 Å². The standard InChI is InChI=1S/C18H17NO6/c1-22-13-5-9-11(7-15(13)24-3)19-12-8-16(25-4)14(23-2)6-10(12)17(9)18(20)21/h5-8H,1-4H3,(H,20,21). The number of carbonyl (C=O) groups is 1. The third-order valence-electron chi connectivity index (χ3n) is 4.00. The van der Waals surface area contributed by atoms with Crippen LogP contribution in [0.2, 0.25) is 0 Å². The lowest BCUT2D eigenvalue weighted by molar-refractivity contribution is 0.0701. The molecule has 1 heterocycles. The second kappa shape index (κ2) is 6.35. The van der Waals surface area contributed by atoms with E-state index in [0.717, 1.165) is 0 Å². The molecule has 0 aliphatic carbocycles. The normalized spacial score (nSPS) is 10.7. The number of fused-ring (bicyclic) bond motifs is 2. The lowest BCUT2D eigenvalue weighted by Crippen LogP contribution is -2.03. The van der Waals surface area contributed by atoms with Crippen LogP contribution < -0.4 is 18.9 Å². The van der Waals surface area contributed by atoms with Gasteiger partial charge in [-0.3, -0.25) is 0 Å². The predicted octanol–water partition coefficient (Wildman–Crippen LogP) is 3.12. The summed E-state index contributed by atoms with van der Waals surface area (Å²) >= 11 is 0. The van der Waals surface area contributed by atoms with E-state index >= 15 is 0 Å². The lowest BCUT2D eigenvalue weighted by Gasteiger charge is -2.14. The maximum absolute atomic E-state index is 12.0. The Morgan fingerprint density at radius 2 is 1.12 bits per heavy atom. The molecule has 130 valence electrons. The highest BCUT2D eigenvalue weighted by molar-refractivity contribution is 6.14. The summed E-state index contributed by atoms with van der Waals surface area (Å²) in [6.45, 7) is 0. The van der Waals surface area contributed by atoms with Crippen LogP contribution in [0.1, 0.15) is 10.4 Å². The number of aromatic carboxylic acids is 1. The molecule has 0 spiro atoms. The maximum Gasteiger partial charge on any atom is 0.337 e. The van der Waals surface area contributed by atoms with E-state index in [0.29, 0.717) is 44.8 Å². The molecular weight excluding hydrogens is 326 g/mol. The Morgan fingerprint density at radius 3 is 1.44 bits per heavy atom. The van der Waals surface area contributed by atoms with Gasteiger partial charge in [0.25, 0.3) is 0 Å². The zero-order valence-electron chi connectivity index (χ0n) is 14.2. The van der Waals surface area contributed by atoms with Crippen LogP contribution in [0.3, 0.4) is 0 Å². The van der Waals surface area contributed by atoms with Crippen molar-refractivity contribution >= 4 is 27.8 Å². The molecule has 7 heteroatoms. The topological polar surface area (TPSA) is 87.1 Å². The Morgan fingerprint density at radius 1 is 0.760 bits per heavy atom. The van der Waals surface area contributed by atoms with Gasteiger partial charge in [-0.25, -0.2) is 9.78 Å². The molecule has 3 rings (SSSR count). The molecule has 0 unspecified atom stereocenters. The molecule has 0 amide bonds. The van der Waals surface area contributed by atoms with Crippen LogP contribution in [0.25, 0.3) is 21.8 Å². The van der Waals surface area contributed by atoms with Gasteiger partial charge in [-0.2, -0.15) is 0 Å². The highest BCUT2D eigenvalue weighted by Gasteiger charge is 2.20. The van der Waals surface area contributed by atoms with E-state index in [2.05, 4.69) is 4.98 Å². The smallest absolute Gasteiger partial charge is 0.337 e. The van der Waals surface area contributed by atoms with E-state index in [1.54, 1.807) is 24.3 Å². The molecule has 0 radical (unpaired) electrons. The fourth-order valence-electron chi connectivity index (χ4n) is 2.83. The molecule has 1 aromatic heterocycles. The minimum Gasteiger partial charge on any atom is -0.493 e. The summed E-state index contributed by atoms with van der Waals surface area (Å²) in [6.07, 6.45) is 0. The van der Waals surface area contributed by atoms with Crippen LogP contribution in [-0.4, -0.2) is 44.5 Å². The number of pyridine rings is 1. The average molecular weight is 343 g/mol. The maximum atomic E-state index is 12.0. The van der Waals surface area contributed by atoms with Crippen molar-refractivity contribution in [2.45, 2.75) is 0 Å². The van der Waals surface area contributed by atoms with E-state index in [1.165, 1.54) is 28.4 Å². The Labute approximate surface area is 143 Å². The van der Waals surface area contributed by atoms with E-state index in [1.807, 2.05) is 0 Å². The first-order valence-electron chi connectivity index (χ1n) is 7.38. The van der Waals surface area contributed by atoms with E-state index in [-0.39, 0.29) is 5.56 Å². The summed E-state index contributed by atoms with van der Waals surface area (Å²) < 4.78 is 21.1. The van der Waals surface area contributed by atoms with Gasteiger partial charge in [0.15, 0.2) is 23.0 Å². The molecule has 1 N–H and O–H groups in total. The summed E-state index contributed by atoms with van der Waals surface area (Å²) in [7, 11) is 6.01. The molecule has 2 aromatic carbocycles. The van der Waals surface area contributed by atoms with Crippen LogP contribution >= 0.6 is 0 Å². The quantitative estimate of drug-likeness (QED) is 0.712. The van der Waals surface area contributed by atoms with Gasteiger partial charge in [0, 0.05) is 22.9 Å². The second-order valence-electron chi connectivity index (χ2n) is 5.24. The highest BCUT2D eigenvalue weighted by Crippen LogP contribution is 2.38. The molecule has 3 aromatic rings. The Kier molecular flexibility index (Phi) is 4.22. The molecule has 0 saturated carbocycles. The molecule has 0 fully saturated rings. The van der Waals surface area contributed by atoms with Gasteiger partial charge in [-0.1, -0.05) is 0 Å². The lowest BCUT2D eigenvalue weighted by atomic mass is 10.0. The Hall–Kier alpha value is -3.22. The summed E-state index contributed by atoms with van der Waals surface area (Å²) in [5.41, 5.74) is 1.08. The third kappa shape index (κ3) is 2.63. The van der Waals surface area contributed by atoms with Gasteiger partial charge < -0.3 is 24.1 Å². The minimum atomic E-state index is -1.07. The number of benzene rings is 2. The predicted molar refractivity (Wildman–Crippen MR) is 92.4 cm³/mol. The number of ether oxygens (including phenoxy) is 4. The fraction of sp³-hybridized carbons (Fsp3) is 0.222. The van der Waals surface area contributed by atoms with E-state index < -0.39 is 5.97 Å². The van der Waals surface area contributed by atoms with Gasteiger partial charge in [0.2, 0.25) is 0 Å². The van der Waals surface area contributed by atoms with Gasteiger partial charge in [-0.15, -0.1) is 0 Å². The monoisotopic (exact) mass is 343 g/mol. The number of carboxylic acid groups (broad SMARTS) is 1. The largest absolute Gasteiger partial charge is 0.493 e. The number of hydrogen-bond donors (Lipinski definition) is 1. The first-order chi connectivity index (χ1) is 12.0. The van der Waals surface area contributed by atoms with Gasteiger partial charge in [0.05, 0.1) is 45.0 Å². The van der Waals surface area contributed by atoms with Gasteiger partial charge in [-0.05, 0) is 12.1 Å². The molecule has 25 heavy (non-hydrogen) atoms. The number of methoxy groups -OCH3 is 4. The van der Waals surface area contributed by atoms with Crippen LogP contribution in [0, 0.1) is 0 Å². The average Bonchev–Trinajstić information content (AvgIpc) is 2.63. The van der Waals surface area contributed by atoms with Crippen molar-refractivity contribution < 1.29 is 28.8 Å². The Bertz CT molecular complexity index is 913. The van der Waals surface area contributed by atoms with Crippen LogP contribution in [0.15, 0.2) is 24.3 Å². The zero-order chi connectivity index (χ0) is 18.1. The summed E-state index contributed by atoms with van der Waals surface area (Å²) in [4.78, 5) is 16.5. The number of carboxylic acids is 1. The summed E-state index contributed by atoms with van der Waals surface area (Å²) in [6, 6.07) is 6.52. The SMILES string of the molecule is COc1cc2nc3cc(OC)c(OC)cc3c(C(=O)O)c2cc1OC. The molecule has 0 aliphatic rings. The first-order valence-corrected chi connectivity index (χ1v) is 7.38. The van der Waals surface area contributed by atoms with Crippen molar-refractivity contribution in [3.8, 4) is 23.0 Å². The van der Waals surface area contributed by atoms with E-state index in [9.17, 15) is 9.90 Å². The fourth-order valence-corrected chi connectivity index (χ4v) is 2.83. The molecular formula is C18H17NO6. The van der Waals surface area contributed by atoms with Crippen molar-refractivity contribution in [3.63, 3.8) is 0 Å². The Balaban J connectivity index is 2.49. The summed E-state index contributed by atoms with van der Waals surface area (Å²) in [5.74, 6) is 0.729. The number of rotatable bonds is 5. The number of nitrogens with zero attached hydrogens (tertiary/aromatic N) is 1. The molecule has 0 aliphatic heterocycles. The van der Waals surface area contributed by atoms with Crippen molar-refractivity contribution in [3.05, 3.63) is 29.8 Å². The molecule has 0 atom stereocenters. The summed E-state index contributed by atoms with van der Waals surface area (Å²) in [5, 5.41) is 10.7. The second-order valence-corrected chi connectivity index (χ2v) is 5.24. The minimum absolute atomic E-state index is 0.113. The van der Waals surface area contributed by atoms with Gasteiger partial charge >= 0.3 is 5.97 Å². The van der Waals surface area contributed by atoms with Crippen LogP contribution in [-0.2, 0) is 0 Å².